The Labute approximate surface area is 121 Å². The minimum atomic E-state index is 0.00215. The van der Waals surface area contributed by atoms with Crippen LogP contribution in [0, 0.1) is 0 Å². The maximum Gasteiger partial charge on any atom is 0.320 e. The zero-order valence-electron chi connectivity index (χ0n) is 12.4. The number of carbonyl (C=O) groups excluding carboxylic acids is 2. The molecule has 0 saturated carbocycles. The lowest BCUT2D eigenvalue weighted by atomic mass is 10.4. The first-order valence-corrected chi connectivity index (χ1v) is 7.79. The second-order valence-electron chi connectivity index (χ2n) is 5.54. The van der Waals surface area contributed by atoms with Gasteiger partial charge < -0.3 is 20.0 Å². The SMILES string of the molecule is CCCNC(=O)N1CCCN(C(=O)N2CCCC2)CC1. The Bertz CT molecular complexity index is 342. The van der Waals surface area contributed by atoms with Crippen LogP contribution in [-0.2, 0) is 0 Å². The van der Waals surface area contributed by atoms with Crippen molar-refractivity contribution in [2.45, 2.75) is 32.6 Å². The molecule has 4 amide bonds. The molecule has 1 N–H and O–H groups in total. The number of amides is 4. The number of hydrogen-bond donors (Lipinski definition) is 1. The highest BCUT2D eigenvalue weighted by molar-refractivity contribution is 5.76. The molecule has 2 saturated heterocycles. The standard InChI is InChI=1S/C14H26N4O2/c1-2-6-15-13(19)16-9-5-10-18(12-11-16)14(20)17-7-3-4-8-17/h2-12H2,1H3,(H,15,19). The van der Waals surface area contributed by atoms with E-state index in [0.717, 1.165) is 51.9 Å². The van der Waals surface area contributed by atoms with Crippen molar-refractivity contribution in [1.29, 1.82) is 0 Å². The first-order chi connectivity index (χ1) is 9.72. The van der Waals surface area contributed by atoms with Gasteiger partial charge in [0.1, 0.15) is 0 Å². The van der Waals surface area contributed by atoms with E-state index < -0.39 is 0 Å². The summed E-state index contributed by atoms with van der Waals surface area (Å²) in [4.78, 5) is 29.9. The maximum absolute atomic E-state index is 12.3. The van der Waals surface area contributed by atoms with Crippen LogP contribution in [-0.4, -0.2) is 72.6 Å². The smallest absolute Gasteiger partial charge is 0.320 e. The van der Waals surface area contributed by atoms with Gasteiger partial charge in [-0.05, 0) is 25.7 Å². The fourth-order valence-corrected chi connectivity index (χ4v) is 2.76. The molecule has 114 valence electrons. The van der Waals surface area contributed by atoms with Gasteiger partial charge in [-0.25, -0.2) is 9.59 Å². The molecule has 0 unspecified atom stereocenters. The summed E-state index contributed by atoms with van der Waals surface area (Å²) >= 11 is 0. The van der Waals surface area contributed by atoms with Crippen molar-refractivity contribution in [3.8, 4) is 0 Å². The summed E-state index contributed by atoms with van der Waals surface area (Å²) in [7, 11) is 0. The zero-order valence-corrected chi connectivity index (χ0v) is 12.4. The number of nitrogens with one attached hydrogen (secondary N) is 1. The Morgan fingerprint density at radius 1 is 0.850 bits per heavy atom. The first kappa shape index (κ1) is 14.9. The Morgan fingerprint density at radius 3 is 2.10 bits per heavy atom. The monoisotopic (exact) mass is 282 g/mol. The van der Waals surface area contributed by atoms with Crippen LogP contribution in [0.25, 0.3) is 0 Å². The topological polar surface area (TPSA) is 55.9 Å². The molecule has 2 heterocycles. The van der Waals surface area contributed by atoms with E-state index in [9.17, 15) is 9.59 Å². The molecule has 6 nitrogen and oxygen atoms in total. The Hall–Kier alpha value is -1.46. The summed E-state index contributed by atoms with van der Waals surface area (Å²) < 4.78 is 0. The largest absolute Gasteiger partial charge is 0.338 e. The van der Waals surface area contributed by atoms with Crippen molar-refractivity contribution < 1.29 is 9.59 Å². The summed E-state index contributed by atoms with van der Waals surface area (Å²) in [6.45, 7) is 7.30. The average Bonchev–Trinajstić information content (AvgIpc) is 2.88. The zero-order chi connectivity index (χ0) is 14.4. The van der Waals surface area contributed by atoms with Crippen molar-refractivity contribution in [2.24, 2.45) is 0 Å². The second kappa shape index (κ2) is 7.36. The molecule has 2 aliphatic heterocycles. The van der Waals surface area contributed by atoms with Gasteiger partial charge in [0.05, 0.1) is 0 Å². The summed E-state index contributed by atoms with van der Waals surface area (Å²) in [5.74, 6) is 0. The first-order valence-electron chi connectivity index (χ1n) is 7.79. The van der Waals surface area contributed by atoms with Crippen LogP contribution in [0.15, 0.2) is 0 Å². The fraction of sp³-hybridized carbons (Fsp3) is 0.857. The number of hydrogen-bond acceptors (Lipinski definition) is 2. The number of urea groups is 2. The van der Waals surface area contributed by atoms with Gasteiger partial charge >= 0.3 is 12.1 Å². The Balaban J connectivity index is 1.82. The van der Waals surface area contributed by atoms with Gasteiger partial charge in [-0.2, -0.15) is 0 Å². The van der Waals surface area contributed by atoms with Crippen molar-refractivity contribution in [2.75, 3.05) is 45.8 Å². The molecule has 0 aliphatic carbocycles. The summed E-state index contributed by atoms with van der Waals surface area (Å²) in [6.07, 6.45) is 4.04. The Kier molecular flexibility index (Phi) is 5.49. The summed E-state index contributed by atoms with van der Waals surface area (Å²) in [5.41, 5.74) is 0. The quantitative estimate of drug-likeness (QED) is 0.830. The van der Waals surface area contributed by atoms with Gasteiger partial charge in [-0.1, -0.05) is 6.92 Å². The van der Waals surface area contributed by atoms with Crippen molar-refractivity contribution >= 4 is 12.1 Å². The highest BCUT2D eigenvalue weighted by Gasteiger charge is 2.26. The van der Waals surface area contributed by atoms with Gasteiger partial charge in [0.25, 0.3) is 0 Å². The van der Waals surface area contributed by atoms with E-state index in [2.05, 4.69) is 5.32 Å². The normalized spacial score (nSPS) is 19.9. The van der Waals surface area contributed by atoms with Crippen molar-refractivity contribution in [1.82, 2.24) is 20.0 Å². The summed E-state index contributed by atoms with van der Waals surface area (Å²) in [5, 5.41) is 2.90. The van der Waals surface area contributed by atoms with Crippen molar-refractivity contribution in [3.05, 3.63) is 0 Å². The van der Waals surface area contributed by atoms with E-state index in [1.165, 1.54) is 0 Å². The lowest BCUT2D eigenvalue weighted by Gasteiger charge is -2.26. The molecular formula is C14H26N4O2. The highest BCUT2D eigenvalue weighted by Crippen LogP contribution is 2.12. The molecule has 2 rings (SSSR count). The molecule has 2 fully saturated rings. The average molecular weight is 282 g/mol. The number of likely N-dealkylation sites (tertiary alicyclic amines) is 1. The number of rotatable bonds is 2. The highest BCUT2D eigenvalue weighted by atomic mass is 16.2. The van der Waals surface area contributed by atoms with E-state index in [4.69, 9.17) is 0 Å². The van der Waals surface area contributed by atoms with E-state index in [1.54, 1.807) is 0 Å². The molecule has 0 aromatic rings. The third-order valence-corrected chi connectivity index (χ3v) is 3.96. The van der Waals surface area contributed by atoms with E-state index >= 15 is 0 Å². The third-order valence-electron chi connectivity index (χ3n) is 3.96. The Morgan fingerprint density at radius 2 is 1.40 bits per heavy atom. The number of carbonyl (C=O) groups is 2. The van der Waals surface area contributed by atoms with Crippen molar-refractivity contribution in [3.63, 3.8) is 0 Å². The van der Waals surface area contributed by atoms with Gasteiger partial charge in [-0.15, -0.1) is 0 Å². The predicted molar refractivity (Wildman–Crippen MR) is 77.7 cm³/mol. The lowest BCUT2D eigenvalue weighted by molar-refractivity contribution is 0.163. The van der Waals surface area contributed by atoms with Gasteiger partial charge in [-0.3, -0.25) is 0 Å². The molecule has 0 spiro atoms. The minimum Gasteiger partial charge on any atom is -0.338 e. The van der Waals surface area contributed by atoms with Crippen LogP contribution in [0.5, 0.6) is 0 Å². The van der Waals surface area contributed by atoms with Gasteiger partial charge in [0.15, 0.2) is 0 Å². The molecular weight excluding hydrogens is 256 g/mol. The van der Waals surface area contributed by atoms with Crippen LogP contribution in [0.1, 0.15) is 32.6 Å². The molecule has 0 radical (unpaired) electrons. The van der Waals surface area contributed by atoms with Gasteiger partial charge in [0.2, 0.25) is 0 Å². The number of nitrogens with zero attached hydrogens (tertiary/aromatic N) is 3. The van der Waals surface area contributed by atoms with Crippen LogP contribution < -0.4 is 5.32 Å². The maximum atomic E-state index is 12.3. The predicted octanol–water partition coefficient (Wildman–Crippen LogP) is 1.33. The van der Waals surface area contributed by atoms with Crippen LogP contribution >= 0.6 is 0 Å². The molecule has 0 atom stereocenters. The molecule has 2 aliphatic rings. The molecule has 20 heavy (non-hydrogen) atoms. The van der Waals surface area contributed by atoms with E-state index in [-0.39, 0.29) is 12.1 Å². The molecule has 0 aromatic carbocycles. The fourth-order valence-electron chi connectivity index (χ4n) is 2.76. The van der Waals surface area contributed by atoms with Crippen LogP contribution in [0.4, 0.5) is 9.59 Å². The second-order valence-corrected chi connectivity index (χ2v) is 5.54. The lowest BCUT2D eigenvalue weighted by Crippen LogP contribution is -2.45. The van der Waals surface area contributed by atoms with E-state index in [0.29, 0.717) is 19.6 Å². The third kappa shape index (κ3) is 3.77. The van der Waals surface area contributed by atoms with Crippen LogP contribution in [0.2, 0.25) is 0 Å². The minimum absolute atomic E-state index is 0.00215. The summed E-state index contributed by atoms with van der Waals surface area (Å²) in [6, 6.07) is 0.153. The van der Waals surface area contributed by atoms with E-state index in [1.807, 2.05) is 21.6 Å². The van der Waals surface area contributed by atoms with Crippen LogP contribution in [0.3, 0.4) is 0 Å². The van der Waals surface area contributed by atoms with Gasteiger partial charge in [0, 0.05) is 45.8 Å². The molecule has 0 aromatic heterocycles. The molecule has 0 bridgehead atoms. The molecule has 6 heteroatoms.